The third kappa shape index (κ3) is 3.74. The van der Waals surface area contributed by atoms with Gasteiger partial charge in [0.25, 0.3) is 0 Å². The maximum absolute atomic E-state index is 12.5. The number of hydrogen-bond acceptors (Lipinski definition) is 7. The third-order valence-corrected chi connectivity index (χ3v) is 4.14. The number of nitrogens with zero attached hydrogens (tertiary/aromatic N) is 4. The van der Waals surface area contributed by atoms with Gasteiger partial charge in [-0.1, -0.05) is 12.1 Å². The molecule has 0 atom stereocenters. The minimum atomic E-state index is -0.512. The van der Waals surface area contributed by atoms with E-state index in [0.717, 1.165) is 22.4 Å². The number of nitrogens with two attached hydrogens (primary N) is 1. The molecule has 0 radical (unpaired) electrons. The Labute approximate surface area is 156 Å². The summed E-state index contributed by atoms with van der Waals surface area (Å²) in [4.78, 5) is 12.5. The Kier molecular flexibility index (Phi) is 5.35. The first-order chi connectivity index (χ1) is 13.0. The van der Waals surface area contributed by atoms with Gasteiger partial charge in [0.1, 0.15) is 11.3 Å². The molecule has 8 nitrogen and oxygen atoms in total. The number of methoxy groups -OCH3 is 1. The van der Waals surface area contributed by atoms with Gasteiger partial charge in [0.15, 0.2) is 5.82 Å². The molecular weight excluding hydrogens is 346 g/mol. The molecule has 27 heavy (non-hydrogen) atoms. The summed E-state index contributed by atoms with van der Waals surface area (Å²) in [5, 5.41) is 12.2. The molecule has 0 saturated carbocycles. The van der Waals surface area contributed by atoms with E-state index in [1.165, 1.54) is 0 Å². The van der Waals surface area contributed by atoms with Gasteiger partial charge in [-0.15, -0.1) is 0 Å². The second kappa shape index (κ2) is 7.86. The lowest BCUT2D eigenvalue weighted by Crippen LogP contribution is -2.10. The highest BCUT2D eigenvalue weighted by molar-refractivity contribution is 6.01. The normalized spacial score (nSPS) is 10.6. The summed E-state index contributed by atoms with van der Waals surface area (Å²) >= 11 is 0. The van der Waals surface area contributed by atoms with Crippen molar-refractivity contribution in [2.24, 2.45) is 0 Å². The van der Waals surface area contributed by atoms with Crippen LogP contribution in [-0.4, -0.2) is 39.7 Å². The molecule has 0 spiro atoms. The molecular formula is C19H21N5O3. The first-order valence-corrected chi connectivity index (χ1v) is 8.49. The predicted molar refractivity (Wildman–Crippen MR) is 100 cm³/mol. The van der Waals surface area contributed by atoms with Crippen molar-refractivity contribution in [2.45, 2.75) is 20.4 Å². The Bertz CT molecular complexity index is 950. The maximum atomic E-state index is 12.5. The largest absolute Gasteiger partial charge is 0.497 e. The Balaban J connectivity index is 2.11. The molecule has 3 rings (SSSR count). The molecule has 0 bridgehead atoms. The summed E-state index contributed by atoms with van der Waals surface area (Å²) in [7, 11) is 1.62. The van der Waals surface area contributed by atoms with Crippen molar-refractivity contribution in [3.8, 4) is 17.0 Å². The van der Waals surface area contributed by atoms with Gasteiger partial charge >= 0.3 is 5.97 Å². The predicted octanol–water partition coefficient (Wildman–Crippen LogP) is 2.46. The minimum Gasteiger partial charge on any atom is -0.497 e. The van der Waals surface area contributed by atoms with Gasteiger partial charge < -0.3 is 15.2 Å². The van der Waals surface area contributed by atoms with Gasteiger partial charge in [-0.05, 0) is 37.1 Å². The van der Waals surface area contributed by atoms with Crippen LogP contribution in [0.2, 0.25) is 0 Å². The standard InChI is InChI=1S/C19H21N5O3/c1-4-27-19(25)16-17(15-10-22-21-9-12(15)2)24(23-18(16)20)11-13-5-7-14(26-3)8-6-13/h5-10H,4,11H2,1-3H3,(H2,20,23). The zero-order valence-corrected chi connectivity index (χ0v) is 15.5. The zero-order chi connectivity index (χ0) is 19.4. The maximum Gasteiger partial charge on any atom is 0.344 e. The fourth-order valence-corrected chi connectivity index (χ4v) is 2.81. The Morgan fingerprint density at radius 2 is 1.89 bits per heavy atom. The van der Waals surface area contributed by atoms with E-state index in [0.29, 0.717) is 12.2 Å². The van der Waals surface area contributed by atoms with Gasteiger partial charge in [0.2, 0.25) is 0 Å². The number of aromatic nitrogens is 4. The molecule has 1 aromatic carbocycles. The van der Waals surface area contributed by atoms with Crippen LogP contribution >= 0.6 is 0 Å². The highest BCUT2D eigenvalue weighted by atomic mass is 16.5. The lowest BCUT2D eigenvalue weighted by molar-refractivity contribution is 0.0528. The number of hydrogen-bond donors (Lipinski definition) is 1. The molecule has 140 valence electrons. The summed E-state index contributed by atoms with van der Waals surface area (Å²) in [6.45, 7) is 4.30. The average molecular weight is 367 g/mol. The van der Waals surface area contributed by atoms with E-state index in [4.69, 9.17) is 15.2 Å². The Morgan fingerprint density at radius 3 is 2.52 bits per heavy atom. The molecule has 0 aliphatic rings. The molecule has 0 aliphatic carbocycles. The van der Waals surface area contributed by atoms with Gasteiger partial charge in [-0.2, -0.15) is 15.3 Å². The molecule has 2 heterocycles. The number of nitrogen functional groups attached to an aromatic ring is 1. The fourth-order valence-electron chi connectivity index (χ4n) is 2.81. The summed E-state index contributed by atoms with van der Waals surface area (Å²) in [6, 6.07) is 7.60. The van der Waals surface area contributed by atoms with Crippen molar-refractivity contribution in [2.75, 3.05) is 19.5 Å². The molecule has 0 amide bonds. The van der Waals surface area contributed by atoms with Crippen molar-refractivity contribution in [1.29, 1.82) is 0 Å². The van der Waals surface area contributed by atoms with Crippen molar-refractivity contribution in [1.82, 2.24) is 20.0 Å². The van der Waals surface area contributed by atoms with Crippen LogP contribution in [0.15, 0.2) is 36.7 Å². The van der Waals surface area contributed by atoms with Crippen LogP contribution < -0.4 is 10.5 Å². The molecule has 0 aliphatic heterocycles. The van der Waals surface area contributed by atoms with E-state index in [1.807, 2.05) is 31.2 Å². The molecule has 0 fully saturated rings. The smallest absolute Gasteiger partial charge is 0.344 e. The number of benzene rings is 1. The summed E-state index contributed by atoms with van der Waals surface area (Å²) in [5.41, 5.74) is 9.43. The number of aryl methyl sites for hydroxylation is 1. The zero-order valence-electron chi connectivity index (χ0n) is 15.5. The second-order valence-electron chi connectivity index (χ2n) is 5.92. The van der Waals surface area contributed by atoms with E-state index in [1.54, 1.807) is 31.1 Å². The van der Waals surface area contributed by atoms with Crippen molar-refractivity contribution in [3.63, 3.8) is 0 Å². The SMILES string of the molecule is CCOC(=O)c1c(N)nn(Cc2ccc(OC)cc2)c1-c1cnncc1C. The summed E-state index contributed by atoms with van der Waals surface area (Å²) < 4.78 is 12.1. The highest BCUT2D eigenvalue weighted by Crippen LogP contribution is 2.31. The van der Waals surface area contributed by atoms with Crippen LogP contribution in [0.1, 0.15) is 28.4 Å². The van der Waals surface area contributed by atoms with Crippen molar-refractivity contribution >= 4 is 11.8 Å². The fraction of sp³-hybridized carbons (Fsp3) is 0.263. The number of anilines is 1. The molecule has 2 N–H and O–H groups in total. The second-order valence-corrected chi connectivity index (χ2v) is 5.92. The van der Waals surface area contributed by atoms with Crippen LogP contribution in [0.25, 0.3) is 11.3 Å². The average Bonchev–Trinajstić information content (AvgIpc) is 2.98. The quantitative estimate of drug-likeness (QED) is 0.667. The minimum absolute atomic E-state index is 0.119. The molecule has 3 aromatic rings. The Morgan fingerprint density at radius 1 is 1.19 bits per heavy atom. The van der Waals surface area contributed by atoms with Gasteiger partial charge in [-0.25, -0.2) is 4.79 Å². The van der Waals surface area contributed by atoms with E-state index in [-0.39, 0.29) is 18.0 Å². The van der Waals surface area contributed by atoms with Crippen LogP contribution in [0.4, 0.5) is 5.82 Å². The van der Waals surface area contributed by atoms with Gasteiger partial charge in [-0.3, -0.25) is 4.68 Å². The van der Waals surface area contributed by atoms with E-state index in [2.05, 4.69) is 15.3 Å². The molecule has 0 unspecified atom stereocenters. The third-order valence-electron chi connectivity index (χ3n) is 4.14. The van der Waals surface area contributed by atoms with E-state index in [9.17, 15) is 4.79 Å². The Hall–Kier alpha value is -3.42. The van der Waals surface area contributed by atoms with Crippen molar-refractivity contribution in [3.05, 3.63) is 53.3 Å². The number of carbonyl (C=O) groups excluding carboxylic acids is 1. The molecule has 2 aromatic heterocycles. The molecule has 8 heteroatoms. The first kappa shape index (κ1) is 18.4. The number of carbonyl (C=O) groups is 1. The number of esters is 1. The van der Waals surface area contributed by atoms with E-state index >= 15 is 0 Å². The number of ether oxygens (including phenoxy) is 2. The first-order valence-electron chi connectivity index (χ1n) is 8.49. The van der Waals surface area contributed by atoms with Gasteiger partial charge in [0, 0.05) is 5.56 Å². The summed E-state index contributed by atoms with van der Waals surface area (Å²) in [5.74, 6) is 0.371. The van der Waals surface area contributed by atoms with Crippen LogP contribution in [0.5, 0.6) is 5.75 Å². The molecule has 0 saturated heterocycles. The monoisotopic (exact) mass is 367 g/mol. The van der Waals surface area contributed by atoms with Crippen LogP contribution in [0.3, 0.4) is 0 Å². The summed E-state index contributed by atoms with van der Waals surface area (Å²) in [6.07, 6.45) is 3.23. The highest BCUT2D eigenvalue weighted by Gasteiger charge is 2.26. The topological polar surface area (TPSA) is 105 Å². The lowest BCUT2D eigenvalue weighted by Gasteiger charge is -2.11. The van der Waals surface area contributed by atoms with E-state index < -0.39 is 5.97 Å². The van der Waals surface area contributed by atoms with Crippen LogP contribution in [0, 0.1) is 6.92 Å². The van der Waals surface area contributed by atoms with Gasteiger partial charge in [0.05, 0.1) is 38.3 Å². The van der Waals surface area contributed by atoms with Crippen molar-refractivity contribution < 1.29 is 14.3 Å². The van der Waals surface area contributed by atoms with Crippen LogP contribution in [-0.2, 0) is 11.3 Å². The number of rotatable bonds is 6. The lowest BCUT2D eigenvalue weighted by atomic mass is 10.1.